The molecule has 1 unspecified atom stereocenters. The van der Waals surface area contributed by atoms with E-state index in [-0.39, 0.29) is 11.8 Å². The molecule has 0 spiro atoms. The number of carbonyl (C=O) groups is 1. The Balaban J connectivity index is 2.69. The number of hydrogen-bond acceptors (Lipinski definition) is 4. The molecule has 1 aliphatic heterocycles. The Kier molecular flexibility index (Phi) is 4.49. The SMILES string of the molecule is CCCN1CCN/C(=C\C(=O)C=N)C1C. The van der Waals surface area contributed by atoms with Crippen LogP contribution in [-0.4, -0.2) is 42.6 Å². The van der Waals surface area contributed by atoms with Crippen LogP contribution < -0.4 is 5.32 Å². The fourth-order valence-corrected chi connectivity index (χ4v) is 1.84. The van der Waals surface area contributed by atoms with Gasteiger partial charge in [0, 0.05) is 30.9 Å². The molecule has 0 amide bonds. The van der Waals surface area contributed by atoms with Gasteiger partial charge in [-0.3, -0.25) is 9.69 Å². The zero-order valence-electron chi connectivity index (χ0n) is 9.42. The van der Waals surface area contributed by atoms with E-state index >= 15 is 0 Å². The zero-order valence-corrected chi connectivity index (χ0v) is 9.42. The minimum Gasteiger partial charge on any atom is -0.386 e. The molecule has 0 aliphatic carbocycles. The molecule has 1 fully saturated rings. The third-order valence-electron chi connectivity index (χ3n) is 2.68. The highest BCUT2D eigenvalue weighted by atomic mass is 16.1. The number of rotatable bonds is 4. The highest BCUT2D eigenvalue weighted by Crippen LogP contribution is 2.12. The van der Waals surface area contributed by atoms with Crippen molar-refractivity contribution in [1.82, 2.24) is 10.2 Å². The van der Waals surface area contributed by atoms with Crippen LogP contribution in [0.1, 0.15) is 20.3 Å². The van der Waals surface area contributed by atoms with E-state index in [0.717, 1.165) is 38.0 Å². The molecule has 4 nitrogen and oxygen atoms in total. The van der Waals surface area contributed by atoms with E-state index in [0.29, 0.717) is 0 Å². The summed E-state index contributed by atoms with van der Waals surface area (Å²) in [6.07, 6.45) is 3.50. The minimum absolute atomic E-state index is 0.248. The summed E-state index contributed by atoms with van der Waals surface area (Å²) in [4.78, 5) is 13.5. The largest absolute Gasteiger partial charge is 0.386 e. The number of allylic oxidation sites excluding steroid dienone is 1. The molecule has 2 N–H and O–H groups in total. The van der Waals surface area contributed by atoms with E-state index in [1.807, 2.05) is 0 Å². The summed E-state index contributed by atoms with van der Waals surface area (Å²) in [6, 6.07) is 0.252. The molecule has 1 rings (SSSR count). The van der Waals surface area contributed by atoms with E-state index in [2.05, 4.69) is 24.1 Å². The summed E-state index contributed by atoms with van der Waals surface area (Å²) < 4.78 is 0. The lowest BCUT2D eigenvalue weighted by Gasteiger charge is -2.36. The molecule has 0 aromatic rings. The van der Waals surface area contributed by atoms with Gasteiger partial charge in [-0.15, -0.1) is 0 Å². The molecule has 0 saturated carbocycles. The van der Waals surface area contributed by atoms with Crippen molar-refractivity contribution in [3.8, 4) is 0 Å². The van der Waals surface area contributed by atoms with E-state index in [1.54, 1.807) is 0 Å². The number of carbonyl (C=O) groups excluding carboxylic acids is 1. The molecule has 15 heavy (non-hydrogen) atoms. The molecule has 0 bridgehead atoms. The maximum atomic E-state index is 11.1. The van der Waals surface area contributed by atoms with Crippen molar-refractivity contribution < 1.29 is 4.79 Å². The maximum Gasteiger partial charge on any atom is 0.197 e. The van der Waals surface area contributed by atoms with Crippen molar-refractivity contribution in [3.63, 3.8) is 0 Å². The van der Waals surface area contributed by atoms with Gasteiger partial charge >= 0.3 is 0 Å². The molecule has 1 heterocycles. The highest BCUT2D eigenvalue weighted by molar-refractivity contribution is 6.31. The quantitative estimate of drug-likeness (QED) is 0.532. The number of piperazine rings is 1. The Labute approximate surface area is 90.8 Å². The first-order chi connectivity index (χ1) is 7.19. The molecule has 84 valence electrons. The molecule has 0 radical (unpaired) electrons. The number of nitrogens with zero attached hydrogens (tertiary/aromatic N) is 1. The first-order valence-corrected chi connectivity index (χ1v) is 5.43. The van der Waals surface area contributed by atoms with E-state index in [4.69, 9.17) is 5.41 Å². The molecule has 1 aliphatic rings. The van der Waals surface area contributed by atoms with Gasteiger partial charge in [0.15, 0.2) is 5.78 Å². The van der Waals surface area contributed by atoms with Gasteiger partial charge < -0.3 is 10.7 Å². The van der Waals surface area contributed by atoms with Gasteiger partial charge in [0.05, 0.1) is 6.21 Å². The smallest absolute Gasteiger partial charge is 0.197 e. The fourth-order valence-electron chi connectivity index (χ4n) is 1.84. The van der Waals surface area contributed by atoms with Crippen molar-refractivity contribution in [2.75, 3.05) is 19.6 Å². The van der Waals surface area contributed by atoms with Gasteiger partial charge in [0.25, 0.3) is 0 Å². The van der Waals surface area contributed by atoms with Crippen molar-refractivity contribution in [2.24, 2.45) is 0 Å². The average molecular weight is 209 g/mol. The highest BCUT2D eigenvalue weighted by Gasteiger charge is 2.21. The average Bonchev–Trinajstić information content (AvgIpc) is 2.24. The zero-order chi connectivity index (χ0) is 11.3. The number of hydrogen-bond donors (Lipinski definition) is 2. The van der Waals surface area contributed by atoms with Crippen LogP contribution in [0.25, 0.3) is 0 Å². The Hall–Kier alpha value is -1.16. The normalized spacial score (nSPS) is 24.9. The number of ketones is 1. The first kappa shape index (κ1) is 11.9. The molecular formula is C11H19N3O. The van der Waals surface area contributed by atoms with Crippen LogP contribution in [0.4, 0.5) is 0 Å². The van der Waals surface area contributed by atoms with Crippen molar-refractivity contribution in [2.45, 2.75) is 26.3 Å². The van der Waals surface area contributed by atoms with Gasteiger partial charge in [-0.2, -0.15) is 0 Å². The van der Waals surface area contributed by atoms with Crippen LogP contribution in [0.3, 0.4) is 0 Å². The third kappa shape index (κ3) is 3.16. The van der Waals surface area contributed by atoms with Gasteiger partial charge in [-0.05, 0) is 19.9 Å². The Bertz CT molecular complexity index is 271. The van der Waals surface area contributed by atoms with Crippen LogP contribution in [0.15, 0.2) is 11.8 Å². The van der Waals surface area contributed by atoms with Crippen LogP contribution in [-0.2, 0) is 4.79 Å². The Morgan fingerprint density at radius 2 is 2.47 bits per heavy atom. The summed E-state index contributed by atoms with van der Waals surface area (Å²) in [5, 5.41) is 10.1. The molecule has 0 aromatic heterocycles. The second-order valence-corrected chi connectivity index (χ2v) is 3.79. The van der Waals surface area contributed by atoms with Crippen LogP contribution in [0.5, 0.6) is 0 Å². The van der Waals surface area contributed by atoms with E-state index in [9.17, 15) is 4.79 Å². The van der Waals surface area contributed by atoms with Gasteiger partial charge in [-0.1, -0.05) is 6.92 Å². The maximum absolute atomic E-state index is 11.1. The first-order valence-electron chi connectivity index (χ1n) is 5.43. The van der Waals surface area contributed by atoms with E-state index < -0.39 is 0 Å². The number of nitrogens with one attached hydrogen (secondary N) is 2. The lowest BCUT2D eigenvalue weighted by Crippen LogP contribution is -2.48. The molecule has 4 heteroatoms. The summed E-state index contributed by atoms with van der Waals surface area (Å²) in [5.74, 6) is -0.248. The second-order valence-electron chi connectivity index (χ2n) is 3.79. The summed E-state index contributed by atoms with van der Waals surface area (Å²) in [7, 11) is 0. The minimum atomic E-state index is -0.248. The topological polar surface area (TPSA) is 56.2 Å². The van der Waals surface area contributed by atoms with Gasteiger partial charge in [-0.25, -0.2) is 0 Å². The molecular weight excluding hydrogens is 190 g/mol. The van der Waals surface area contributed by atoms with Crippen molar-refractivity contribution in [1.29, 1.82) is 5.41 Å². The predicted molar refractivity (Wildman–Crippen MR) is 61.2 cm³/mol. The second kappa shape index (κ2) is 5.66. The lowest BCUT2D eigenvalue weighted by atomic mass is 10.1. The summed E-state index contributed by atoms with van der Waals surface area (Å²) >= 11 is 0. The molecule has 1 saturated heterocycles. The summed E-state index contributed by atoms with van der Waals surface area (Å²) in [6.45, 7) is 7.19. The standard InChI is InChI=1S/C11H19N3O/c1-3-5-14-6-4-13-11(9(14)2)7-10(15)8-12/h7-9,12-13H,3-6H2,1-2H3/b11-7-,12-8?. The third-order valence-corrected chi connectivity index (χ3v) is 2.68. The Morgan fingerprint density at radius 3 is 3.07 bits per heavy atom. The monoisotopic (exact) mass is 209 g/mol. The summed E-state index contributed by atoms with van der Waals surface area (Å²) in [5.41, 5.74) is 0.934. The van der Waals surface area contributed by atoms with Crippen molar-refractivity contribution in [3.05, 3.63) is 11.8 Å². The molecule has 1 atom stereocenters. The Morgan fingerprint density at radius 1 is 1.73 bits per heavy atom. The fraction of sp³-hybridized carbons (Fsp3) is 0.636. The van der Waals surface area contributed by atoms with Gasteiger partial charge in [0.2, 0.25) is 0 Å². The van der Waals surface area contributed by atoms with Crippen LogP contribution in [0, 0.1) is 5.41 Å². The predicted octanol–water partition coefficient (Wildman–Crippen LogP) is 0.793. The van der Waals surface area contributed by atoms with E-state index in [1.165, 1.54) is 6.08 Å². The van der Waals surface area contributed by atoms with Crippen LogP contribution in [0.2, 0.25) is 0 Å². The van der Waals surface area contributed by atoms with Crippen molar-refractivity contribution >= 4 is 12.0 Å². The lowest BCUT2D eigenvalue weighted by molar-refractivity contribution is -0.108. The van der Waals surface area contributed by atoms with Crippen LogP contribution >= 0.6 is 0 Å². The molecule has 0 aromatic carbocycles. The van der Waals surface area contributed by atoms with Gasteiger partial charge in [0.1, 0.15) is 0 Å².